The third-order valence-corrected chi connectivity index (χ3v) is 16.9. The Balaban J connectivity index is 0.000000240. The number of hydrogen-bond acceptors (Lipinski definition) is 8. The van der Waals surface area contributed by atoms with Crippen molar-refractivity contribution in [2.75, 3.05) is 26.4 Å². The number of hydrogen-bond donors (Lipinski definition) is 0. The van der Waals surface area contributed by atoms with Gasteiger partial charge in [0.05, 0.1) is 33.8 Å². The van der Waals surface area contributed by atoms with E-state index in [2.05, 4.69) is 83.2 Å². The SMILES string of the molecule is CCO[SiH](OCC)C(CC)SCn1c(C)nc2ccccc21.CCO[SiH](OCC)C(CC)SCn1c(C)nc2ccccc21. The first-order valence-electron chi connectivity index (χ1n) is 15.9. The summed E-state index contributed by atoms with van der Waals surface area (Å²) in [7, 11) is -3.24. The Kier molecular flexibility index (Phi) is 16.5. The number of benzene rings is 2. The number of fused-ring (bicyclic) bond motifs is 2. The van der Waals surface area contributed by atoms with E-state index in [4.69, 9.17) is 17.7 Å². The van der Waals surface area contributed by atoms with E-state index in [0.29, 0.717) is 9.75 Å². The molecule has 0 amide bonds. The van der Waals surface area contributed by atoms with E-state index in [1.807, 2.05) is 63.4 Å². The lowest BCUT2D eigenvalue weighted by molar-refractivity contribution is 0.211. The Labute approximate surface area is 276 Å². The molecule has 2 heterocycles. The molecule has 0 bridgehead atoms. The highest BCUT2D eigenvalue weighted by atomic mass is 32.2. The van der Waals surface area contributed by atoms with Gasteiger partial charge in [-0.3, -0.25) is 0 Å². The highest BCUT2D eigenvalue weighted by Crippen LogP contribution is 2.26. The van der Waals surface area contributed by atoms with E-state index < -0.39 is 18.6 Å². The highest BCUT2D eigenvalue weighted by Gasteiger charge is 2.26. The van der Waals surface area contributed by atoms with Crippen molar-refractivity contribution in [2.45, 2.75) is 89.7 Å². The van der Waals surface area contributed by atoms with Crippen molar-refractivity contribution in [3.63, 3.8) is 0 Å². The van der Waals surface area contributed by atoms with Crippen LogP contribution < -0.4 is 0 Å². The van der Waals surface area contributed by atoms with Crippen LogP contribution in [0.1, 0.15) is 66.0 Å². The lowest BCUT2D eigenvalue weighted by Gasteiger charge is -2.23. The molecule has 0 aliphatic carbocycles. The first-order valence-corrected chi connectivity index (χ1v) is 21.3. The Morgan fingerprint density at radius 1 is 0.591 bits per heavy atom. The van der Waals surface area contributed by atoms with Crippen molar-refractivity contribution in [1.29, 1.82) is 0 Å². The van der Waals surface area contributed by atoms with Crippen LogP contribution in [0.3, 0.4) is 0 Å². The molecular formula is C32H52N4O4S2Si2. The summed E-state index contributed by atoms with van der Waals surface area (Å²) in [6.45, 7) is 19.7. The molecule has 44 heavy (non-hydrogen) atoms. The van der Waals surface area contributed by atoms with Gasteiger partial charge in [-0.2, -0.15) is 0 Å². The molecule has 12 heteroatoms. The maximum atomic E-state index is 5.89. The van der Waals surface area contributed by atoms with Crippen molar-refractivity contribution < 1.29 is 17.7 Å². The van der Waals surface area contributed by atoms with Gasteiger partial charge < -0.3 is 26.8 Å². The van der Waals surface area contributed by atoms with Gasteiger partial charge in [0.2, 0.25) is 0 Å². The molecule has 0 saturated heterocycles. The predicted molar refractivity (Wildman–Crippen MR) is 193 cm³/mol. The summed E-state index contributed by atoms with van der Waals surface area (Å²) in [6.07, 6.45) is 2.15. The summed E-state index contributed by atoms with van der Waals surface area (Å²) < 4.78 is 28.1. The van der Waals surface area contributed by atoms with Gasteiger partial charge >= 0.3 is 18.6 Å². The third kappa shape index (κ3) is 10.2. The van der Waals surface area contributed by atoms with Gasteiger partial charge in [0.1, 0.15) is 11.6 Å². The first kappa shape index (κ1) is 36.8. The molecule has 0 aliphatic rings. The molecule has 4 aromatic rings. The predicted octanol–water partition coefficient (Wildman–Crippen LogP) is 7.29. The first-order chi connectivity index (χ1) is 21.4. The fraction of sp³-hybridized carbons (Fsp3) is 0.562. The van der Waals surface area contributed by atoms with Crippen LogP contribution in [0, 0.1) is 13.8 Å². The Morgan fingerprint density at radius 3 is 1.25 bits per heavy atom. The van der Waals surface area contributed by atoms with E-state index in [1.165, 1.54) is 11.0 Å². The third-order valence-electron chi connectivity index (χ3n) is 7.26. The quantitative estimate of drug-likeness (QED) is 0.102. The maximum absolute atomic E-state index is 5.89. The van der Waals surface area contributed by atoms with Crippen molar-refractivity contribution in [1.82, 2.24) is 19.1 Å². The number of aromatic nitrogens is 4. The van der Waals surface area contributed by atoms with E-state index in [1.54, 1.807) is 0 Å². The topological polar surface area (TPSA) is 72.6 Å². The molecule has 0 radical (unpaired) electrons. The fourth-order valence-corrected chi connectivity index (χ4v) is 12.7. The standard InChI is InChI=1S/2C16H26N2O2SSi/c2*1-5-16(22(19-6-2)20-7-3)21-12-18-13(4)17-14-10-8-9-11-15(14)18/h2*8-11,16,22H,5-7,12H2,1-4H3. The van der Waals surface area contributed by atoms with E-state index >= 15 is 0 Å². The summed E-state index contributed by atoms with van der Waals surface area (Å²) in [6, 6.07) is 16.6. The number of imidazole rings is 2. The zero-order valence-electron chi connectivity index (χ0n) is 27.8. The van der Waals surface area contributed by atoms with Crippen molar-refractivity contribution in [3.05, 3.63) is 60.2 Å². The maximum Gasteiger partial charge on any atom is 0.334 e. The Hall–Kier alpha value is -1.65. The average molecular weight is 677 g/mol. The van der Waals surface area contributed by atoms with Crippen molar-refractivity contribution in [3.8, 4) is 0 Å². The van der Waals surface area contributed by atoms with Crippen LogP contribution in [-0.4, -0.2) is 73.8 Å². The molecule has 8 nitrogen and oxygen atoms in total. The minimum absolute atomic E-state index is 0.459. The van der Waals surface area contributed by atoms with Crippen LogP contribution >= 0.6 is 23.5 Å². The van der Waals surface area contributed by atoms with Gasteiger partial charge in [0.15, 0.2) is 0 Å². The number of aryl methyl sites for hydroxylation is 2. The molecule has 2 unspecified atom stereocenters. The average Bonchev–Trinajstić information content (AvgIpc) is 3.53. The molecule has 2 atom stereocenters. The van der Waals surface area contributed by atoms with Gasteiger partial charge in [-0.25, -0.2) is 9.97 Å². The summed E-state index contributed by atoms with van der Waals surface area (Å²) in [4.78, 5) is 10.2. The number of thioether (sulfide) groups is 2. The number of para-hydroxylation sites is 4. The molecule has 2 aromatic carbocycles. The molecule has 0 spiro atoms. The summed E-state index contributed by atoms with van der Waals surface area (Å²) in [5.41, 5.74) is 4.54. The van der Waals surface area contributed by atoms with E-state index in [-0.39, 0.29) is 0 Å². The van der Waals surface area contributed by atoms with Crippen LogP contribution in [0.15, 0.2) is 48.5 Å². The Bertz CT molecular complexity index is 1270. The molecule has 0 aliphatic heterocycles. The second-order valence-electron chi connectivity index (χ2n) is 10.2. The Morgan fingerprint density at radius 2 is 0.932 bits per heavy atom. The normalized spacial score (nSPS) is 13.1. The second-order valence-corrected chi connectivity index (χ2v) is 18.0. The zero-order chi connectivity index (χ0) is 31.9. The van der Waals surface area contributed by atoms with Gasteiger partial charge in [-0.05, 0) is 78.6 Å². The van der Waals surface area contributed by atoms with Crippen LogP contribution in [0.5, 0.6) is 0 Å². The summed E-state index contributed by atoms with van der Waals surface area (Å²) in [5, 5.41) is 0. The molecule has 0 saturated carbocycles. The molecule has 0 fully saturated rings. The van der Waals surface area contributed by atoms with E-state index in [9.17, 15) is 0 Å². The number of rotatable bonds is 18. The van der Waals surface area contributed by atoms with Crippen molar-refractivity contribution >= 4 is 64.2 Å². The minimum Gasteiger partial charge on any atom is -0.396 e. The molecule has 244 valence electrons. The second kappa shape index (κ2) is 19.8. The fourth-order valence-electron chi connectivity index (χ4n) is 5.02. The smallest absolute Gasteiger partial charge is 0.334 e. The molecule has 4 rings (SSSR count). The van der Waals surface area contributed by atoms with Crippen LogP contribution in [0.25, 0.3) is 22.1 Å². The van der Waals surface area contributed by atoms with E-state index in [0.717, 1.165) is 73.7 Å². The highest BCUT2D eigenvalue weighted by molar-refractivity contribution is 8.00. The van der Waals surface area contributed by atoms with Gasteiger partial charge in [0.25, 0.3) is 0 Å². The largest absolute Gasteiger partial charge is 0.396 e. The van der Waals surface area contributed by atoms with Crippen LogP contribution in [-0.2, 0) is 29.5 Å². The summed E-state index contributed by atoms with van der Waals surface area (Å²) in [5.74, 6) is 3.92. The number of nitrogens with zero attached hydrogens (tertiary/aromatic N) is 4. The molecule has 2 aromatic heterocycles. The lowest BCUT2D eigenvalue weighted by atomic mass is 10.3. The van der Waals surface area contributed by atoms with Crippen molar-refractivity contribution in [2.24, 2.45) is 0 Å². The van der Waals surface area contributed by atoms with Crippen LogP contribution in [0.2, 0.25) is 0 Å². The van der Waals surface area contributed by atoms with Gasteiger partial charge in [-0.15, -0.1) is 23.5 Å². The zero-order valence-corrected chi connectivity index (χ0v) is 31.8. The summed E-state index contributed by atoms with van der Waals surface area (Å²) >= 11 is 3.86. The monoisotopic (exact) mass is 676 g/mol. The van der Waals surface area contributed by atoms with Gasteiger partial charge in [0, 0.05) is 36.2 Å². The lowest BCUT2D eigenvalue weighted by Crippen LogP contribution is -2.35. The van der Waals surface area contributed by atoms with Gasteiger partial charge in [-0.1, -0.05) is 38.1 Å². The minimum atomic E-state index is -1.62. The molecular weight excluding hydrogens is 625 g/mol. The molecule has 0 N–H and O–H groups in total. The van der Waals surface area contributed by atoms with Crippen LogP contribution in [0.4, 0.5) is 0 Å².